The number of hydrogen-bond acceptors (Lipinski definition) is 4. The van der Waals surface area contributed by atoms with Crippen molar-refractivity contribution in [3.05, 3.63) is 247 Å². The number of halogens is 1. The first kappa shape index (κ1) is 48.2. The lowest BCUT2D eigenvalue weighted by atomic mass is 9.78. The number of pyridine rings is 2. The van der Waals surface area contributed by atoms with Gasteiger partial charge in [0.25, 0.3) is 0 Å². The molecule has 382 valence electrons. The van der Waals surface area contributed by atoms with Gasteiger partial charge in [-0.1, -0.05) is 210 Å². The standard InChI is InChI=1S/C33H20N2.C25H23BN2O2.C14H9Br/c1-2-10-23-21(9-1)19-29(25-12-4-3-11-24(23)25)22-17-18-27-26-13-5-6-14-28(26)33-34-30-15-7-8-16-31(30)35(33)32(27)20-22;1-24(2)25(3,4)30-26(29-24)16-13-14-18-17-9-5-6-10-19(17)23-27-20-11-7-8-12-21(20)28(23)22(18)15-16;15-14-9-10-5-1-2-6-11(10)12-7-3-4-8-13(12)14/h1-20H;5-15H,1-4H3;1-9H. The third-order valence-electron chi connectivity index (χ3n) is 16.9. The van der Waals surface area contributed by atoms with Crippen molar-refractivity contribution in [2.75, 3.05) is 0 Å². The second kappa shape index (κ2) is 18.6. The van der Waals surface area contributed by atoms with Crippen molar-refractivity contribution in [1.82, 2.24) is 18.8 Å². The van der Waals surface area contributed by atoms with Gasteiger partial charge in [0.05, 0.1) is 44.3 Å². The number of para-hydroxylation sites is 4. The van der Waals surface area contributed by atoms with Gasteiger partial charge in [-0.15, -0.1) is 0 Å². The van der Waals surface area contributed by atoms with Gasteiger partial charge in [0.1, 0.15) is 11.3 Å². The van der Waals surface area contributed by atoms with Gasteiger partial charge in [-0.05, 0) is 147 Å². The van der Waals surface area contributed by atoms with Gasteiger partial charge in [0.15, 0.2) is 0 Å². The summed E-state index contributed by atoms with van der Waals surface area (Å²) >= 11 is 3.62. The molecule has 0 N–H and O–H groups in total. The predicted molar refractivity (Wildman–Crippen MR) is 341 cm³/mol. The molecule has 80 heavy (non-hydrogen) atoms. The number of benzene rings is 12. The van der Waals surface area contributed by atoms with Crippen molar-refractivity contribution in [3.63, 3.8) is 0 Å². The SMILES string of the molecule is Brc1cc2ccccc2c2ccccc12.CC1(C)OB(c2ccc3c4ccccc4c4nc5ccccc5n4c3c2)OC1(C)C.c1ccc2c(c1)cc(-c1ccc3c4ccccc4c4nc5ccccc5n4c3c1)c1ccccc12. The fourth-order valence-corrected chi connectivity index (χ4v) is 12.8. The third-order valence-corrected chi connectivity index (χ3v) is 17.5. The monoisotopic (exact) mass is 1090 g/mol. The molecule has 5 heterocycles. The molecule has 12 aromatic carbocycles. The van der Waals surface area contributed by atoms with E-state index in [0.717, 1.165) is 54.2 Å². The fourth-order valence-electron chi connectivity index (χ4n) is 12.2. The van der Waals surface area contributed by atoms with E-state index in [-0.39, 0.29) is 11.2 Å². The second-order valence-corrected chi connectivity index (χ2v) is 22.9. The van der Waals surface area contributed by atoms with Gasteiger partial charge in [-0.3, -0.25) is 8.80 Å². The highest BCUT2D eigenvalue weighted by atomic mass is 79.9. The quantitative estimate of drug-likeness (QED) is 0.128. The Balaban J connectivity index is 0.000000111. The molecule has 0 aliphatic carbocycles. The summed E-state index contributed by atoms with van der Waals surface area (Å²) in [5.74, 6) is 0. The molecule has 6 nitrogen and oxygen atoms in total. The average molecular weight is 1100 g/mol. The topological polar surface area (TPSA) is 53.1 Å². The van der Waals surface area contributed by atoms with E-state index in [1.54, 1.807) is 0 Å². The largest absolute Gasteiger partial charge is 0.494 e. The molecule has 4 aromatic heterocycles. The Bertz CT molecular complexity index is 5180. The molecule has 0 atom stereocenters. The van der Waals surface area contributed by atoms with E-state index in [1.165, 1.54) is 86.7 Å². The first-order valence-corrected chi connectivity index (χ1v) is 28.1. The Morgan fingerprint density at radius 2 is 0.750 bits per heavy atom. The van der Waals surface area contributed by atoms with Gasteiger partial charge in [-0.25, -0.2) is 9.97 Å². The lowest BCUT2D eigenvalue weighted by molar-refractivity contribution is 0.00578. The minimum atomic E-state index is -0.393. The highest BCUT2D eigenvalue weighted by Crippen LogP contribution is 2.41. The lowest BCUT2D eigenvalue weighted by Crippen LogP contribution is -2.41. The van der Waals surface area contributed by atoms with E-state index >= 15 is 0 Å². The van der Waals surface area contributed by atoms with Crippen molar-refractivity contribution >= 4 is 148 Å². The van der Waals surface area contributed by atoms with E-state index in [2.05, 4.69) is 289 Å². The summed E-state index contributed by atoms with van der Waals surface area (Å²) in [4.78, 5) is 10.0. The van der Waals surface area contributed by atoms with Crippen molar-refractivity contribution in [1.29, 1.82) is 0 Å². The minimum absolute atomic E-state index is 0.368. The molecule has 1 aliphatic rings. The zero-order chi connectivity index (χ0) is 53.9. The fraction of sp³-hybridized carbons (Fsp3) is 0.0833. The molecule has 8 heteroatoms. The lowest BCUT2D eigenvalue weighted by Gasteiger charge is -2.32. The Labute approximate surface area is 470 Å². The van der Waals surface area contributed by atoms with Crippen LogP contribution >= 0.6 is 15.9 Å². The van der Waals surface area contributed by atoms with Crippen LogP contribution in [-0.2, 0) is 9.31 Å². The van der Waals surface area contributed by atoms with E-state index in [1.807, 2.05) is 6.07 Å². The number of fused-ring (bicyclic) bond motifs is 22. The maximum absolute atomic E-state index is 6.32. The molecule has 1 saturated heterocycles. The number of rotatable bonds is 2. The first-order chi connectivity index (χ1) is 39.1. The maximum Gasteiger partial charge on any atom is 0.494 e. The van der Waals surface area contributed by atoms with Crippen LogP contribution in [0.3, 0.4) is 0 Å². The highest BCUT2D eigenvalue weighted by molar-refractivity contribution is 9.10. The Morgan fingerprint density at radius 1 is 0.350 bits per heavy atom. The van der Waals surface area contributed by atoms with Gasteiger partial charge < -0.3 is 9.31 Å². The molecule has 0 spiro atoms. The summed E-state index contributed by atoms with van der Waals surface area (Å²) in [6.45, 7) is 8.35. The van der Waals surface area contributed by atoms with Crippen LogP contribution in [0.2, 0.25) is 0 Å². The maximum atomic E-state index is 6.32. The van der Waals surface area contributed by atoms with Crippen LogP contribution in [0.15, 0.2) is 247 Å². The van der Waals surface area contributed by atoms with Crippen molar-refractivity contribution in [3.8, 4) is 11.1 Å². The molecule has 16 aromatic rings. The Kier molecular flexibility index (Phi) is 11.2. The van der Waals surface area contributed by atoms with Gasteiger partial charge >= 0.3 is 7.12 Å². The van der Waals surface area contributed by atoms with Crippen molar-refractivity contribution in [2.45, 2.75) is 38.9 Å². The number of hydrogen-bond donors (Lipinski definition) is 0. The molecular formula is C72H52BBrN4O2. The van der Waals surface area contributed by atoms with Crippen LogP contribution in [0.4, 0.5) is 0 Å². The van der Waals surface area contributed by atoms with Gasteiger partial charge in [0, 0.05) is 26.0 Å². The molecule has 17 rings (SSSR count). The van der Waals surface area contributed by atoms with Crippen molar-refractivity contribution in [2.24, 2.45) is 0 Å². The second-order valence-electron chi connectivity index (χ2n) is 22.0. The van der Waals surface area contributed by atoms with E-state index in [0.29, 0.717) is 0 Å². The van der Waals surface area contributed by atoms with Crippen LogP contribution in [-0.4, -0.2) is 37.1 Å². The van der Waals surface area contributed by atoms with Crippen LogP contribution in [0.1, 0.15) is 27.7 Å². The van der Waals surface area contributed by atoms with E-state index in [4.69, 9.17) is 19.3 Å². The molecule has 0 bridgehead atoms. The first-order valence-electron chi connectivity index (χ1n) is 27.3. The van der Waals surface area contributed by atoms with Gasteiger partial charge in [0.2, 0.25) is 0 Å². The molecule has 0 radical (unpaired) electrons. The third kappa shape index (κ3) is 7.69. The van der Waals surface area contributed by atoms with Crippen LogP contribution < -0.4 is 5.46 Å². The number of nitrogens with zero attached hydrogens (tertiary/aromatic N) is 4. The van der Waals surface area contributed by atoms with Crippen LogP contribution in [0.5, 0.6) is 0 Å². The summed E-state index contributed by atoms with van der Waals surface area (Å²) in [5.41, 5.74) is 11.3. The zero-order valence-electron chi connectivity index (χ0n) is 44.7. The Hall–Kier alpha value is -8.92. The summed E-state index contributed by atoms with van der Waals surface area (Å²) in [5, 5.41) is 17.5. The predicted octanol–water partition coefficient (Wildman–Crippen LogP) is 18.6. The molecule has 0 saturated carbocycles. The molecule has 1 aliphatic heterocycles. The summed E-state index contributed by atoms with van der Waals surface area (Å²) in [6.07, 6.45) is 0. The smallest absolute Gasteiger partial charge is 0.399 e. The van der Waals surface area contributed by atoms with Crippen molar-refractivity contribution < 1.29 is 9.31 Å². The Morgan fingerprint density at radius 3 is 1.30 bits per heavy atom. The average Bonchev–Trinajstić information content (AvgIpc) is 4.26. The summed E-state index contributed by atoms with van der Waals surface area (Å²) < 4.78 is 18.4. The molecular weight excluding hydrogens is 1040 g/mol. The van der Waals surface area contributed by atoms with E-state index < -0.39 is 7.12 Å². The normalized spacial score (nSPS) is 14.1. The van der Waals surface area contributed by atoms with E-state index in [9.17, 15) is 0 Å². The summed E-state index contributed by atoms with van der Waals surface area (Å²) in [7, 11) is -0.393. The van der Waals surface area contributed by atoms with Crippen LogP contribution in [0.25, 0.3) is 131 Å². The molecule has 0 unspecified atom stereocenters. The number of imidazole rings is 2. The molecule has 1 fully saturated rings. The minimum Gasteiger partial charge on any atom is -0.399 e. The zero-order valence-corrected chi connectivity index (χ0v) is 46.2. The molecule has 0 amide bonds. The highest BCUT2D eigenvalue weighted by Gasteiger charge is 2.51. The van der Waals surface area contributed by atoms with Crippen LogP contribution in [0, 0.1) is 0 Å². The summed E-state index contributed by atoms with van der Waals surface area (Å²) in [6, 6.07) is 86.1. The number of aromatic nitrogens is 4. The van der Waals surface area contributed by atoms with Gasteiger partial charge in [-0.2, -0.15) is 0 Å².